The van der Waals surface area contributed by atoms with Gasteiger partial charge in [-0.3, -0.25) is 4.79 Å². The lowest BCUT2D eigenvalue weighted by Crippen LogP contribution is -2.48. The molecular formula is C32H36N2O6. The fourth-order valence-electron chi connectivity index (χ4n) is 5.01. The minimum absolute atomic E-state index is 0.0154. The normalized spacial score (nSPS) is 14.3. The number of carbonyl (C=O) groups is 3. The smallest absolute Gasteiger partial charge is 0.407 e. The van der Waals surface area contributed by atoms with Crippen LogP contribution in [-0.2, 0) is 25.7 Å². The highest BCUT2D eigenvalue weighted by atomic mass is 16.5. The summed E-state index contributed by atoms with van der Waals surface area (Å²) in [6.45, 7) is 3.96. The number of nitrogens with one attached hydrogen (secondary N) is 2. The van der Waals surface area contributed by atoms with Crippen LogP contribution in [0.1, 0.15) is 55.7 Å². The van der Waals surface area contributed by atoms with E-state index in [0.29, 0.717) is 12.8 Å². The van der Waals surface area contributed by atoms with Gasteiger partial charge >= 0.3 is 12.1 Å². The Bertz CT molecular complexity index is 1270. The SMILES string of the molecule is CC(CCCC(=O)N[C@H](C(=O)O)[C@@H](C)OCc1ccccc1)NC(=O)OCC1c2ccccc2-c2ccccc21. The van der Waals surface area contributed by atoms with Crippen LogP contribution in [0.3, 0.4) is 0 Å². The number of hydrogen-bond acceptors (Lipinski definition) is 5. The number of fused-ring (bicyclic) bond motifs is 3. The summed E-state index contributed by atoms with van der Waals surface area (Å²) in [5.41, 5.74) is 5.55. The van der Waals surface area contributed by atoms with E-state index >= 15 is 0 Å². The second kappa shape index (κ2) is 13.8. The van der Waals surface area contributed by atoms with Gasteiger partial charge in [0.05, 0.1) is 12.7 Å². The maximum Gasteiger partial charge on any atom is 0.407 e. The van der Waals surface area contributed by atoms with E-state index in [0.717, 1.165) is 16.7 Å². The molecule has 40 heavy (non-hydrogen) atoms. The van der Waals surface area contributed by atoms with E-state index in [4.69, 9.17) is 9.47 Å². The number of rotatable bonds is 13. The van der Waals surface area contributed by atoms with Crippen LogP contribution < -0.4 is 10.6 Å². The monoisotopic (exact) mass is 544 g/mol. The van der Waals surface area contributed by atoms with Crippen molar-refractivity contribution in [1.29, 1.82) is 0 Å². The third-order valence-electron chi connectivity index (χ3n) is 7.16. The molecule has 2 amide bonds. The highest BCUT2D eigenvalue weighted by molar-refractivity contribution is 5.84. The molecule has 3 aromatic carbocycles. The summed E-state index contributed by atoms with van der Waals surface area (Å²) in [5.74, 6) is -1.55. The number of hydrogen-bond donors (Lipinski definition) is 3. The minimum atomic E-state index is -1.16. The van der Waals surface area contributed by atoms with Gasteiger partial charge in [-0.2, -0.15) is 0 Å². The first-order valence-corrected chi connectivity index (χ1v) is 13.6. The molecule has 0 radical (unpaired) electrons. The molecule has 1 aliphatic rings. The Kier molecular flexibility index (Phi) is 9.91. The van der Waals surface area contributed by atoms with Crippen LogP contribution in [0.25, 0.3) is 11.1 Å². The van der Waals surface area contributed by atoms with Crippen LogP contribution in [0.4, 0.5) is 4.79 Å². The lowest BCUT2D eigenvalue weighted by molar-refractivity contribution is -0.146. The molecule has 0 heterocycles. The molecule has 210 valence electrons. The van der Waals surface area contributed by atoms with Gasteiger partial charge in [-0.1, -0.05) is 78.9 Å². The molecule has 0 aliphatic heterocycles. The summed E-state index contributed by atoms with van der Waals surface area (Å²) >= 11 is 0. The van der Waals surface area contributed by atoms with Crippen molar-refractivity contribution in [2.45, 2.75) is 63.8 Å². The zero-order valence-corrected chi connectivity index (χ0v) is 22.8. The Balaban J connectivity index is 1.17. The molecule has 1 unspecified atom stereocenters. The van der Waals surface area contributed by atoms with Gasteiger partial charge < -0.3 is 25.2 Å². The van der Waals surface area contributed by atoms with Crippen molar-refractivity contribution in [2.24, 2.45) is 0 Å². The van der Waals surface area contributed by atoms with Crippen LogP contribution in [0.2, 0.25) is 0 Å². The zero-order valence-electron chi connectivity index (χ0n) is 22.8. The summed E-state index contributed by atoms with van der Waals surface area (Å²) < 4.78 is 11.3. The van der Waals surface area contributed by atoms with Crippen LogP contribution in [0.5, 0.6) is 0 Å². The first-order valence-electron chi connectivity index (χ1n) is 13.6. The van der Waals surface area contributed by atoms with Crippen LogP contribution >= 0.6 is 0 Å². The number of aliphatic carboxylic acids is 1. The first kappa shape index (κ1) is 28.8. The first-order chi connectivity index (χ1) is 19.3. The lowest BCUT2D eigenvalue weighted by Gasteiger charge is -2.22. The van der Waals surface area contributed by atoms with Gasteiger partial charge in [0.1, 0.15) is 6.61 Å². The van der Waals surface area contributed by atoms with E-state index in [1.165, 1.54) is 11.1 Å². The van der Waals surface area contributed by atoms with E-state index in [1.54, 1.807) is 6.92 Å². The summed E-state index contributed by atoms with van der Waals surface area (Å²) in [6, 6.07) is 24.4. The van der Waals surface area contributed by atoms with E-state index in [-0.39, 0.29) is 37.5 Å². The molecular weight excluding hydrogens is 508 g/mol. The number of carboxylic acids is 1. The third-order valence-corrected chi connectivity index (χ3v) is 7.16. The Morgan fingerprint density at radius 2 is 1.45 bits per heavy atom. The molecule has 3 aromatic rings. The largest absolute Gasteiger partial charge is 0.480 e. The Labute approximate surface area is 234 Å². The molecule has 3 atom stereocenters. The maximum absolute atomic E-state index is 12.5. The second-order valence-electron chi connectivity index (χ2n) is 10.1. The van der Waals surface area contributed by atoms with Crippen LogP contribution in [-0.4, -0.2) is 47.9 Å². The van der Waals surface area contributed by atoms with Gasteiger partial charge in [0.2, 0.25) is 5.91 Å². The van der Waals surface area contributed by atoms with Crippen molar-refractivity contribution in [3.8, 4) is 11.1 Å². The zero-order chi connectivity index (χ0) is 28.5. The molecule has 0 bridgehead atoms. The van der Waals surface area contributed by atoms with Crippen molar-refractivity contribution in [3.63, 3.8) is 0 Å². The van der Waals surface area contributed by atoms with Gasteiger partial charge in [0, 0.05) is 18.4 Å². The minimum Gasteiger partial charge on any atom is -0.480 e. The topological polar surface area (TPSA) is 114 Å². The predicted molar refractivity (Wildman–Crippen MR) is 152 cm³/mol. The second-order valence-corrected chi connectivity index (χ2v) is 10.1. The van der Waals surface area contributed by atoms with E-state index < -0.39 is 24.2 Å². The average molecular weight is 545 g/mol. The quantitative estimate of drug-likeness (QED) is 0.271. The lowest BCUT2D eigenvalue weighted by atomic mass is 9.98. The van der Waals surface area contributed by atoms with Crippen LogP contribution in [0.15, 0.2) is 78.9 Å². The van der Waals surface area contributed by atoms with Gasteiger partial charge in [0.15, 0.2) is 6.04 Å². The summed E-state index contributed by atoms with van der Waals surface area (Å²) in [7, 11) is 0. The van der Waals surface area contributed by atoms with Gasteiger partial charge in [-0.05, 0) is 54.5 Å². The summed E-state index contributed by atoms with van der Waals surface area (Å²) in [4.78, 5) is 36.7. The van der Waals surface area contributed by atoms with Gasteiger partial charge in [-0.15, -0.1) is 0 Å². The number of benzene rings is 3. The number of ether oxygens (including phenoxy) is 2. The summed E-state index contributed by atoms with van der Waals surface area (Å²) in [6.07, 6.45) is -0.0752. The number of carbonyl (C=O) groups excluding carboxylic acids is 2. The molecule has 4 rings (SSSR count). The average Bonchev–Trinajstić information content (AvgIpc) is 3.27. The number of amides is 2. The van der Waals surface area contributed by atoms with Crippen LogP contribution in [0, 0.1) is 0 Å². The molecule has 0 aromatic heterocycles. The van der Waals surface area contributed by atoms with Crippen molar-refractivity contribution < 1.29 is 29.0 Å². The van der Waals surface area contributed by atoms with E-state index in [2.05, 4.69) is 34.9 Å². The standard InChI is InChI=1S/C32H36N2O6/c1-21(11-10-18-29(35)34-30(31(36)37)22(2)39-19-23-12-4-3-5-13-23)33-32(38)40-20-28-26-16-8-6-14-24(26)25-15-7-9-17-27(25)28/h3-9,12-17,21-22,28,30H,10-11,18-20H2,1-2H3,(H,33,38)(H,34,35)(H,36,37)/t21?,22-,30+/m1/s1. The van der Waals surface area contributed by atoms with E-state index in [1.807, 2.05) is 61.5 Å². The molecule has 0 saturated heterocycles. The van der Waals surface area contributed by atoms with Crippen molar-refractivity contribution in [1.82, 2.24) is 10.6 Å². The molecule has 0 saturated carbocycles. The van der Waals surface area contributed by atoms with E-state index in [9.17, 15) is 19.5 Å². The van der Waals surface area contributed by atoms with Crippen molar-refractivity contribution in [3.05, 3.63) is 95.6 Å². The van der Waals surface area contributed by atoms with Gasteiger partial charge in [-0.25, -0.2) is 9.59 Å². The molecule has 8 nitrogen and oxygen atoms in total. The third kappa shape index (κ3) is 7.48. The van der Waals surface area contributed by atoms with Gasteiger partial charge in [0.25, 0.3) is 0 Å². The van der Waals surface area contributed by atoms with Crippen molar-refractivity contribution >= 4 is 18.0 Å². The number of carboxylic acid groups (broad SMARTS) is 1. The van der Waals surface area contributed by atoms with Crippen molar-refractivity contribution in [2.75, 3.05) is 6.61 Å². The molecule has 3 N–H and O–H groups in total. The summed E-state index contributed by atoms with van der Waals surface area (Å²) in [5, 5.41) is 15.0. The maximum atomic E-state index is 12.5. The molecule has 1 aliphatic carbocycles. The predicted octanol–water partition coefficient (Wildman–Crippen LogP) is 5.26. The molecule has 0 spiro atoms. The Morgan fingerprint density at radius 3 is 2.08 bits per heavy atom. The Hall–Kier alpha value is -4.17. The fraction of sp³-hybridized carbons (Fsp3) is 0.344. The molecule has 8 heteroatoms. The Morgan fingerprint density at radius 1 is 0.850 bits per heavy atom. The molecule has 0 fully saturated rings. The number of alkyl carbamates (subject to hydrolysis) is 1. The highest BCUT2D eigenvalue weighted by Crippen LogP contribution is 2.44. The highest BCUT2D eigenvalue weighted by Gasteiger charge is 2.29. The fourth-order valence-corrected chi connectivity index (χ4v) is 5.01.